The van der Waals surface area contributed by atoms with E-state index in [-0.39, 0.29) is 5.82 Å². The minimum absolute atomic E-state index is 0.173. The van der Waals surface area contributed by atoms with Crippen molar-refractivity contribution >= 4 is 14.5 Å². The molecule has 0 aliphatic rings. The van der Waals surface area contributed by atoms with Crippen LogP contribution in [-0.2, 0) is 6.42 Å². The van der Waals surface area contributed by atoms with E-state index in [4.69, 9.17) is 0 Å². The van der Waals surface area contributed by atoms with Gasteiger partial charge in [-0.2, -0.15) is 0 Å². The molecule has 0 aliphatic heterocycles. The summed E-state index contributed by atoms with van der Waals surface area (Å²) in [6.45, 7) is 2.16. The van der Waals surface area contributed by atoms with Crippen LogP contribution in [0.15, 0.2) is 60.7 Å². The van der Waals surface area contributed by atoms with Gasteiger partial charge in [-0.05, 0) is 0 Å². The topological polar surface area (TPSA) is 0 Å². The predicted octanol–water partition coefficient (Wildman–Crippen LogP) is 4.45. The molecular weight excluding hydrogens is 314 g/mol. The molecule has 0 radical (unpaired) electrons. The van der Waals surface area contributed by atoms with E-state index < -0.39 is 0 Å². The molecule has 3 rings (SSSR count). The Morgan fingerprint density at radius 1 is 0.900 bits per heavy atom. The van der Waals surface area contributed by atoms with Crippen LogP contribution in [0.1, 0.15) is 15.6 Å². The molecule has 0 saturated carbocycles. The molecule has 0 unspecified atom stereocenters. The Hall–Kier alpha value is -1.63. The first-order chi connectivity index (χ1) is 9.72. The molecule has 0 atom stereocenters. The van der Waals surface area contributed by atoms with E-state index in [9.17, 15) is 4.39 Å². The van der Waals surface area contributed by atoms with Gasteiger partial charge in [0.1, 0.15) is 0 Å². The van der Waals surface area contributed by atoms with Gasteiger partial charge in [0.05, 0.1) is 0 Å². The molecule has 1 heterocycles. The van der Waals surface area contributed by atoms with Crippen LogP contribution in [0.25, 0.3) is 10.0 Å². The number of hydrogen-bond donors (Lipinski definition) is 0. The summed E-state index contributed by atoms with van der Waals surface area (Å²) in [5.74, 6) is -0.173. The van der Waals surface area contributed by atoms with Crippen LogP contribution in [0.4, 0.5) is 4.39 Å². The molecule has 0 saturated heterocycles. The van der Waals surface area contributed by atoms with Crippen LogP contribution in [-0.4, -0.2) is 14.5 Å². The van der Waals surface area contributed by atoms with Gasteiger partial charge in [0.2, 0.25) is 0 Å². The van der Waals surface area contributed by atoms with Crippen molar-refractivity contribution in [1.82, 2.24) is 0 Å². The van der Waals surface area contributed by atoms with E-state index in [1.54, 1.807) is 0 Å². The first-order valence-electron chi connectivity index (χ1n) is 6.61. The normalized spacial score (nSPS) is 10.7. The summed E-state index contributed by atoms with van der Waals surface area (Å²) >= 11 is 0.347. The van der Waals surface area contributed by atoms with Gasteiger partial charge in [-0.25, -0.2) is 0 Å². The van der Waals surface area contributed by atoms with Crippen molar-refractivity contribution in [3.05, 3.63) is 82.0 Å². The van der Waals surface area contributed by atoms with Gasteiger partial charge in [0, 0.05) is 0 Å². The van der Waals surface area contributed by atoms with E-state index >= 15 is 0 Å². The Labute approximate surface area is 124 Å². The molecule has 0 nitrogen and oxygen atoms in total. The fourth-order valence-electron chi connectivity index (χ4n) is 2.24. The number of aryl methyl sites for hydroxylation is 1. The molecule has 0 N–H and O–H groups in total. The fraction of sp³-hybridized carbons (Fsp3) is 0.111. The van der Waals surface area contributed by atoms with Gasteiger partial charge >= 0.3 is 124 Å². The monoisotopic (exact) mass is 330 g/mol. The molecule has 3 aromatic rings. The maximum atomic E-state index is 13.0. The standard InChI is InChI=1S/C18H15FSe/c1-13-4-2-3-5-15(13)12-17-10-11-18(20-17)14-6-8-16(19)9-7-14/h2-11H,12H2,1H3. The van der Waals surface area contributed by atoms with Gasteiger partial charge in [0.25, 0.3) is 0 Å². The average Bonchev–Trinajstić information content (AvgIpc) is 2.91. The van der Waals surface area contributed by atoms with Crippen LogP contribution in [0.5, 0.6) is 0 Å². The molecular formula is C18H15FSe. The molecule has 2 aromatic carbocycles. The Morgan fingerprint density at radius 2 is 1.65 bits per heavy atom. The molecule has 20 heavy (non-hydrogen) atoms. The molecule has 0 fully saturated rings. The number of rotatable bonds is 3. The zero-order valence-electron chi connectivity index (χ0n) is 11.3. The second kappa shape index (κ2) is 5.78. The SMILES string of the molecule is Cc1ccccc1Cc1ccc(-c2ccc(F)cc2)[se]1. The van der Waals surface area contributed by atoms with Gasteiger partial charge in [-0.1, -0.05) is 0 Å². The number of hydrogen-bond acceptors (Lipinski definition) is 0. The van der Waals surface area contributed by atoms with Crippen LogP contribution >= 0.6 is 0 Å². The second-order valence-electron chi connectivity index (χ2n) is 4.88. The Balaban J connectivity index is 1.84. The molecule has 0 amide bonds. The average molecular weight is 329 g/mol. The quantitative estimate of drug-likeness (QED) is 0.623. The predicted molar refractivity (Wildman–Crippen MR) is 82.8 cm³/mol. The second-order valence-corrected chi connectivity index (χ2v) is 7.33. The van der Waals surface area contributed by atoms with Crippen molar-refractivity contribution < 1.29 is 4.39 Å². The van der Waals surface area contributed by atoms with E-state index in [1.165, 1.54) is 32.1 Å². The molecule has 0 spiro atoms. The summed E-state index contributed by atoms with van der Waals surface area (Å²) in [6.07, 6.45) is 1.02. The first kappa shape index (κ1) is 13.4. The maximum absolute atomic E-state index is 13.0. The summed E-state index contributed by atoms with van der Waals surface area (Å²) < 4.78 is 15.8. The van der Waals surface area contributed by atoms with E-state index in [1.807, 2.05) is 12.1 Å². The van der Waals surface area contributed by atoms with Gasteiger partial charge < -0.3 is 0 Å². The van der Waals surface area contributed by atoms with Crippen molar-refractivity contribution in [2.75, 3.05) is 0 Å². The Morgan fingerprint density at radius 3 is 2.40 bits per heavy atom. The van der Waals surface area contributed by atoms with Gasteiger partial charge in [0.15, 0.2) is 0 Å². The van der Waals surface area contributed by atoms with Crippen LogP contribution in [0.3, 0.4) is 0 Å². The summed E-state index contributed by atoms with van der Waals surface area (Å²) in [5.41, 5.74) is 3.89. The van der Waals surface area contributed by atoms with E-state index in [0.717, 1.165) is 12.0 Å². The summed E-state index contributed by atoms with van der Waals surface area (Å²) in [6, 6.07) is 19.7. The molecule has 2 heteroatoms. The van der Waals surface area contributed by atoms with Crippen molar-refractivity contribution in [3.63, 3.8) is 0 Å². The molecule has 100 valence electrons. The van der Waals surface area contributed by atoms with Crippen molar-refractivity contribution in [1.29, 1.82) is 0 Å². The van der Waals surface area contributed by atoms with Crippen molar-refractivity contribution in [2.24, 2.45) is 0 Å². The minimum atomic E-state index is -0.173. The third-order valence-electron chi connectivity index (χ3n) is 3.42. The molecule has 1 aromatic heterocycles. The van der Waals surface area contributed by atoms with Gasteiger partial charge in [-0.15, -0.1) is 0 Å². The van der Waals surface area contributed by atoms with E-state index in [2.05, 4.69) is 43.3 Å². The van der Waals surface area contributed by atoms with Crippen molar-refractivity contribution in [3.8, 4) is 10.0 Å². The third-order valence-corrected chi connectivity index (χ3v) is 5.80. The zero-order valence-corrected chi connectivity index (χ0v) is 13.0. The van der Waals surface area contributed by atoms with Crippen molar-refractivity contribution in [2.45, 2.75) is 13.3 Å². The molecule has 0 bridgehead atoms. The van der Waals surface area contributed by atoms with Gasteiger partial charge in [-0.3, -0.25) is 0 Å². The number of halogens is 1. The summed E-state index contributed by atoms with van der Waals surface area (Å²) in [7, 11) is 0. The van der Waals surface area contributed by atoms with E-state index in [0.29, 0.717) is 14.5 Å². The first-order valence-corrected chi connectivity index (χ1v) is 8.33. The molecule has 0 aliphatic carbocycles. The summed E-state index contributed by atoms with van der Waals surface area (Å²) in [4.78, 5) is 0. The van der Waals surface area contributed by atoms with Crippen LogP contribution in [0, 0.1) is 12.7 Å². The zero-order chi connectivity index (χ0) is 13.9. The Kier molecular flexibility index (Phi) is 3.86. The van der Waals surface area contributed by atoms with Crippen LogP contribution < -0.4 is 0 Å². The Bertz CT molecular complexity index is 710. The van der Waals surface area contributed by atoms with Crippen LogP contribution in [0.2, 0.25) is 0 Å². The number of benzene rings is 2. The fourth-order valence-corrected chi connectivity index (χ4v) is 4.41. The third kappa shape index (κ3) is 2.92. The summed E-state index contributed by atoms with van der Waals surface area (Å²) in [5, 5.41) is 0.